The molecule has 0 aromatic heterocycles. The van der Waals surface area contributed by atoms with Gasteiger partial charge in [0.05, 0.1) is 0 Å². The summed E-state index contributed by atoms with van der Waals surface area (Å²) < 4.78 is 0. The predicted octanol–water partition coefficient (Wildman–Crippen LogP) is 3.47. The molecule has 1 aromatic rings. The highest BCUT2D eigenvalue weighted by Gasteiger charge is 2.47. The Morgan fingerprint density at radius 3 is 2.94 bits per heavy atom. The van der Waals surface area contributed by atoms with Gasteiger partial charge in [-0.05, 0) is 51.6 Å². The molecule has 3 rings (SSSR count). The van der Waals surface area contributed by atoms with Crippen LogP contribution in [0.25, 0.3) is 0 Å². The molecule has 0 radical (unpaired) electrons. The van der Waals surface area contributed by atoms with E-state index in [0.29, 0.717) is 5.54 Å². The SMILES string of the molecule is Cc1cccc([C@]23CCC[C@H](CC2)N3C)c1. The van der Waals surface area contributed by atoms with E-state index in [4.69, 9.17) is 0 Å². The van der Waals surface area contributed by atoms with Gasteiger partial charge in [-0.2, -0.15) is 0 Å². The first-order chi connectivity index (χ1) is 7.72. The monoisotopic (exact) mass is 215 g/mol. The maximum atomic E-state index is 2.66. The van der Waals surface area contributed by atoms with Gasteiger partial charge in [0.15, 0.2) is 0 Å². The number of benzene rings is 1. The van der Waals surface area contributed by atoms with E-state index in [0.717, 1.165) is 6.04 Å². The molecule has 1 aromatic carbocycles. The summed E-state index contributed by atoms with van der Waals surface area (Å²) in [7, 11) is 2.33. The van der Waals surface area contributed by atoms with E-state index in [2.05, 4.69) is 43.1 Å². The van der Waals surface area contributed by atoms with Crippen LogP contribution < -0.4 is 0 Å². The van der Waals surface area contributed by atoms with Gasteiger partial charge in [0, 0.05) is 11.6 Å². The minimum atomic E-state index is 0.370. The van der Waals surface area contributed by atoms with Gasteiger partial charge in [-0.1, -0.05) is 29.8 Å². The van der Waals surface area contributed by atoms with Crippen LogP contribution in [-0.2, 0) is 5.54 Å². The number of nitrogens with zero attached hydrogens (tertiary/aromatic N) is 1. The fraction of sp³-hybridized carbons (Fsp3) is 0.600. The molecule has 1 nitrogen and oxygen atoms in total. The standard InChI is InChI=1S/C15H21N/c1-12-5-3-6-13(11-12)15-9-4-7-14(8-10-15)16(15)2/h3,5-6,11,14H,4,7-10H2,1-2H3/t14-,15+/m1/s1. The van der Waals surface area contributed by atoms with Gasteiger partial charge < -0.3 is 0 Å². The topological polar surface area (TPSA) is 3.24 Å². The molecule has 2 fully saturated rings. The van der Waals surface area contributed by atoms with Gasteiger partial charge in [-0.25, -0.2) is 0 Å². The van der Waals surface area contributed by atoms with Gasteiger partial charge in [-0.3, -0.25) is 4.90 Å². The minimum Gasteiger partial charge on any atom is -0.294 e. The second kappa shape index (κ2) is 3.59. The first kappa shape index (κ1) is 10.3. The molecule has 0 saturated carbocycles. The Hall–Kier alpha value is -0.820. The third kappa shape index (κ3) is 1.34. The summed E-state index contributed by atoms with van der Waals surface area (Å²) in [5.41, 5.74) is 3.32. The van der Waals surface area contributed by atoms with Crippen LogP contribution in [0.1, 0.15) is 43.2 Å². The van der Waals surface area contributed by atoms with Crippen LogP contribution in [0.2, 0.25) is 0 Å². The third-order valence-electron chi connectivity index (χ3n) is 4.80. The van der Waals surface area contributed by atoms with Crippen molar-refractivity contribution >= 4 is 0 Å². The zero-order valence-electron chi connectivity index (χ0n) is 10.4. The second-order valence-corrected chi connectivity index (χ2v) is 5.60. The molecular weight excluding hydrogens is 194 g/mol. The zero-order valence-corrected chi connectivity index (χ0v) is 10.4. The Kier molecular flexibility index (Phi) is 2.32. The van der Waals surface area contributed by atoms with E-state index in [1.165, 1.54) is 37.7 Å². The fourth-order valence-corrected chi connectivity index (χ4v) is 3.82. The van der Waals surface area contributed by atoms with E-state index in [1.54, 1.807) is 5.56 Å². The van der Waals surface area contributed by atoms with Crippen molar-refractivity contribution < 1.29 is 0 Å². The Balaban J connectivity index is 2.04. The zero-order chi connectivity index (χ0) is 11.2. The molecule has 86 valence electrons. The Labute approximate surface area is 98.5 Å². The molecule has 0 unspecified atom stereocenters. The molecule has 16 heavy (non-hydrogen) atoms. The molecule has 0 spiro atoms. The second-order valence-electron chi connectivity index (χ2n) is 5.60. The number of aryl methyl sites for hydroxylation is 1. The largest absolute Gasteiger partial charge is 0.294 e. The molecule has 2 atom stereocenters. The van der Waals surface area contributed by atoms with Gasteiger partial charge in [0.25, 0.3) is 0 Å². The summed E-state index contributed by atoms with van der Waals surface area (Å²) in [5.74, 6) is 0. The summed E-state index contributed by atoms with van der Waals surface area (Å²) >= 11 is 0. The smallest absolute Gasteiger partial charge is 0.0461 e. The molecule has 0 N–H and O–H groups in total. The number of hydrogen-bond acceptors (Lipinski definition) is 1. The summed E-state index contributed by atoms with van der Waals surface area (Å²) in [6.07, 6.45) is 6.92. The molecule has 2 heterocycles. The maximum Gasteiger partial charge on any atom is 0.0461 e. The van der Waals surface area contributed by atoms with Crippen molar-refractivity contribution in [2.24, 2.45) is 0 Å². The van der Waals surface area contributed by atoms with Gasteiger partial charge >= 0.3 is 0 Å². The lowest BCUT2D eigenvalue weighted by atomic mass is 9.81. The van der Waals surface area contributed by atoms with E-state index in [9.17, 15) is 0 Å². The summed E-state index contributed by atoms with van der Waals surface area (Å²) in [6, 6.07) is 9.99. The van der Waals surface area contributed by atoms with Crippen LogP contribution in [0, 0.1) is 6.92 Å². The summed E-state index contributed by atoms with van der Waals surface area (Å²) in [4.78, 5) is 2.66. The van der Waals surface area contributed by atoms with Crippen LogP contribution >= 0.6 is 0 Å². The quantitative estimate of drug-likeness (QED) is 0.693. The highest BCUT2D eigenvalue weighted by molar-refractivity contribution is 5.31. The maximum absolute atomic E-state index is 2.66. The van der Waals surface area contributed by atoms with E-state index >= 15 is 0 Å². The minimum absolute atomic E-state index is 0.370. The lowest BCUT2D eigenvalue weighted by Gasteiger charge is -2.43. The van der Waals surface area contributed by atoms with Crippen molar-refractivity contribution in [1.29, 1.82) is 0 Å². The van der Waals surface area contributed by atoms with Crippen molar-refractivity contribution in [2.45, 2.75) is 50.6 Å². The van der Waals surface area contributed by atoms with Crippen molar-refractivity contribution in [3.63, 3.8) is 0 Å². The van der Waals surface area contributed by atoms with Gasteiger partial charge in [0.1, 0.15) is 0 Å². The molecule has 0 aliphatic carbocycles. The average Bonchev–Trinajstić information content (AvgIpc) is 2.51. The fourth-order valence-electron chi connectivity index (χ4n) is 3.82. The average molecular weight is 215 g/mol. The van der Waals surface area contributed by atoms with Crippen LogP contribution in [-0.4, -0.2) is 18.0 Å². The lowest BCUT2D eigenvalue weighted by Crippen LogP contribution is -2.45. The van der Waals surface area contributed by atoms with Gasteiger partial charge in [0.2, 0.25) is 0 Å². The molecule has 2 bridgehead atoms. The van der Waals surface area contributed by atoms with Crippen LogP contribution in [0.3, 0.4) is 0 Å². The highest BCUT2D eigenvalue weighted by Crippen LogP contribution is 2.49. The predicted molar refractivity (Wildman–Crippen MR) is 67.5 cm³/mol. The molecular formula is C15H21N. The summed E-state index contributed by atoms with van der Waals surface area (Å²) in [6.45, 7) is 2.20. The lowest BCUT2D eigenvalue weighted by molar-refractivity contribution is 0.0805. The van der Waals surface area contributed by atoms with Crippen LogP contribution in [0.15, 0.2) is 24.3 Å². The first-order valence-electron chi connectivity index (χ1n) is 6.52. The molecule has 2 saturated heterocycles. The Bertz CT molecular complexity index is 394. The van der Waals surface area contributed by atoms with E-state index < -0.39 is 0 Å². The Morgan fingerprint density at radius 2 is 2.12 bits per heavy atom. The molecule has 0 amide bonds. The van der Waals surface area contributed by atoms with Crippen molar-refractivity contribution in [1.82, 2.24) is 4.90 Å². The molecule has 1 heteroatoms. The van der Waals surface area contributed by atoms with E-state index in [1.807, 2.05) is 0 Å². The number of fused-ring (bicyclic) bond motifs is 2. The summed E-state index contributed by atoms with van der Waals surface area (Å²) in [5, 5.41) is 0. The highest BCUT2D eigenvalue weighted by atomic mass is 15.2. The Morgan fingerprint density at radius 1 is 1.25 bits per heavy atom. The third-order valence-corrected chi connectivity index (χ3v) is 4.80. The first-order valence-corrected chi connectivity index (χ1v) is 6.52. The van der Waals surface area contributed by atoms with Crippen LogP contribution in [0.4, 0.5) is 0 Å². The van der Waals surface area contributed by atoms with Gasteiger partial charge in [-0.15, -0.1) is 0 Å². The van der Waals surface area contributed by atoms with Crippen molar-refractivity contribution in [3.8, 4) is 0 Å². The normalized spacial score (nSPS) is 34.2. The number of rotatable bonds is 1. The van der Waals surface area contributed by atoms with E-state index in [-0.39, 0.29) is 0 Å². The molecule has 2 aliphatic heterocycles. The van der Waals surface area contributed by atoms with Crippen LogP contribution in [0.5, 0.6) is 0 Å². The number of piperidine rings is 1. The van der Waals surface area contributed by atoms with Crippen molar-refractivity contribution in [3.05, 3.63) is 35.4 Å². The number of hydrogen-bond donors (Lipinski definition) is 0. The van der Waals surface area contributed by atoms with Crippen molar-refractivity contribution in [2.75, 3.05) is 7.05 Å². The molecule has 2 aliphatic rings.